The zero-order valence-corrected chi connectivity index (χ0v) is 9.39. The molecule has 2 saturated heterocycles. The summed E-state index contributed by atoms with van der Waals surface area (Å²) in [6.45, 7) is 2.67. The van der Waals surface area contributed by atoms with Crippen molar-refractivity contribution in [1.82, 2.24) is 0 Å². The van der Waals surface area contributed by atoms with E-state index in [1.165, 1.54) is 19.3 Å². The van der Waals surface area contributed by atoms with Gasteiger partial charge in [-0.05, 0) is 32.1 Å². The molecular formula is C11H19ClO2. The summed E-state index contributed by atoms with van der Waals surface area (Å²) in [5, 5.41) is 0. The van der Waals surface area contributed by atoms with Crippen molar-refractivity contribution >= 4 is 11.6 Å². The molecule has 2 heterocycles. The van der Waals surface area contributed by atoms with Crippen molar-refractivity contribution in [2.45, 2.75) is 38.2 Å². The summed E-state index contributed by atoms with van der Waals surface area (Å²) in [6.07, 6.45) is 6.31. The summed E-state index contributed by atoms with van der Waals surface area (Å²) in [6, 6.07) is 0. The van der Waals surface area contributed by atoms with Gasteiger partial charge in [0.15, 0.2) is 0 Å². The highest BCUT2D eigenvalue weighted by Crippen LogP contribution is 2.37. The van der Waals surface area contributed by atoms with Gasteiger partial charge in [-0.15, -0.1) is 11.6 Å². The highest BCUT2D eigenvalue weighted by Gasteiger charge is 2.35. The lowest BCUT2D eigenvalue weighted by molar-refractivity contribution is -0.0280. The smallest absolute Gasteiger partial charge is 0.0582 e. The van der Waals surface area contributed by atoms with Crippen molar-refractivity contribution in [3.05, 3.63) is 0 Å². The summed E-state index contributed by atoms with van der Waals surface area (Å²) in [7, 11) is 0. The molecule has 2 atom stereocenters. The maximum atomic E-state index is 6.08. The molecule has 82 valence electrons. The molecule has 0 aromatic heterocycles. The van der Waals surface area contributed by atoms with E-state index < -0.39 is 0 Å². The Hall–Kier alpha value is 0.210. The van der Waals surface area contributed by atoms with Crippen LogP contribution in [0.3, 0.4) is 0 Å². The molecule has 0 N–H and O–H groups in total. The van der Waals surface area contributed by atoms with Gasteiger partial charge in [0.2, 0.25) is 0 Å². The Morgan fingerprint density at radius 2 is 2.21 bits per heavy atom. The van der Waals surface area contributed by atoms with Crippen LogP contribution >= 0.6 is 11.6 Å². The van der Waals surface area contributed by atoms with Crippen LogP contribution in [0.4, 0.5) is 0 Å². The number of alkyl halides is 1. The predicted octanol–water partition coefficient (Wildman–Crippen LogP) is 2.59. The fourth-order valence-electron chi connectivity index (χ4n) is 2.52. The summed E-state index contributed by atoms with van der Waals surface area (Å²) in [5.74, 6) is 0.715. The van der Waals surface area contributed by atoms with Gasteiger partial charge in [-0.1, -0.05) is 0 Å². The molecule has 2 aliphatic rings. The average Bonchev–Trinajstić information content (AvgIpc) is 2.72. The second kappa shape index (κ2) is 4.82. The van der Waals surface area contributed by atoms with Crippen molar-refractivity contribution in [3.63, 3.8) is 0 Å². The number of halogens is 1. The lowest BCUT2D eigenvalue weighted by Gasteiger charge is -2.36. The minimum atomic E-state index is 0.203. The van der Waals surface area contributed by atoms with Crippen LogP contribution in [0.25, 0.3) is 0 Å². The van der Waals surface area contributed by atoms with Gasteiger partial charge >= 0.3 is 0 Å². The van der Waals surface area contributed by atoms with Crippen molar-refractivity contribution < 1.29 is 9.47 Å². The van der Waals surface area contributed by atoms with Crippen LogP contribution in [0.5, 0.6) is 0 Å². The van der Waals surface area contributed by atoms with Crippen LogP contribution in [-0.2, 0) is 9.47 Å². The highest BCUT2D eigenvalue weighted by molar-refractivity contribution is 6.18. The Balaban J connectivity index is 1.89. The van der Waals surface area contributed by atoms with Gasteiger partial charge in [0, 0.05) is 24.5 Å². The Kier molecular flexibility index (Phi) is 3.69. The van der Waals surface area contributed by atoms with Crippen molar-refractivity contribution in [2.75, 3.05) is 25.7 Å². The summed E-state index contributed by atoms with van der Waals surface area (Å²) in [5.41, 5.74) is 0.203. The lowest BCUT2D eigenvalue weighted by atomic mass is 9.79. The van der Waals surface area contributed by atoms with E-state index >= 15 is 0 Å². The maximum Gasteiger partial charge on any atom is 0.0582 e. The zero-order chi connectivity index (χ0) is 9.86. The maximum absolute atomic E-state index is 6.08. The Labute approximate surface area is 90.9 Å². The molecule has 0 aliphatic carbocycles. The molecule has 2 aliphatic heterocycles. The molecular weight excluding hydrogens is 200 g/mol. The number of hydrogen-bond donors (Lipinski definition) is 0. The second-order valence-electron chi connectivity index (χ2n) is 4.63. The number of ether oxygens (including phenoxy) is 2. The quantitative estimate of drug-likeness (QED) is 0.678. The third kappa shape index (κ3) is 2.41. The SMILES string of the molecule is ClCC1(CC2CCCO2)CCCOC1. The molecule has 0 aromatic rings. The van der Waals surface area contributed by atoms with E-state index in [-0.39, 0.29) is 5.41 Å². The molecule has 0 bridgehead atoms. The Morgan fingerprint density at radius 1 is 1.29 bits per heavy atom. The summed E-state index contributed by atoms with van der Waals surface area (Å²) in [4.78, 5) is 0. The van der Waals surface area contributed by atoms with Crippen LogP contribution in [-0.4, -0.2) is 31.8 Å². The Morgan fingerprint density at radius 3 is 2.79 bits per heavy atom. The van der Waals surface area contributed by atoms with Crippen molar-refractivity contribution in [1.29, 1.82) is 0 Å². The topological polar surface area (TPSA) is 18.5 Å². The van der Waals surface area contributed by atoms with Crippen LogP contribution in [0.1, 0.15) is 32.1 Å². The Bertz CT molecular complexity index is 172. The van der Waals surface area contributed by atoms with Gasteiger partial charge in [0.25, 0.3) is 0 Å². The molecule has 0 saturated carbocycles. The normalized spacial score (nSPS) is 38.8. The standard InChI is InChI=1S/C11H19ClO2/c12-8-11(4-2-5-13-9-11)7-10-3-1-6-14-10/h10H,1-9H2. The minimum Gasteiger partial charge on any atom is -0.381 e. The van der Waals surface area contributed by atoms with Crippen LogP contribution in [0.2, 0.25) is 0 Å². The molecule has 3 heteroatoms. The molecule has 0 spiro atoms. The number of hydrogen-bond acceptors (Lipinski definition) is 2. The highest BCUT2D eigenvalue weighted by atomic mass is 35.5. The molecule has 2 nitrogen and oxygen atoms in total. The lowest BCUT2D eigenvalue weighted by Crippen LogP contribution is -2.36. The van der Waals surface area contributed by atoms with E-state index in [0.29, 0.717) is 12.0 Å². The van der Waals surface area contributed by atoms with Crippen molar-refractivity contribution in [2.24, 2.45) is 5.41 Å². The molecule has 2 fully saturated rings. The predicted molar refractivity (Wildman–Crippen MR) is 56.8 cm³/mol. The fraction of sp³-hybridized carbons (Fsp3) is 1.00. The molecule has 0 radical (unpaired) electrons. The van der Waals surface area contributed by atoms with Crippen LogP contribution in [0.15, 0.2) is 0 Å². The monoisotopic (exact) mass is 218 g/mol. The van der Waals surface area contributed by atoms with E-state index in [4.69, 9.17) is 21.1 Å². The van der Waals surface area contributed by atoms with Gasteiger partial charge in [-0.3, -0.25) is 0 Å². The molecule has 0 amide bonds. The average molecular weight is 219 g/mol. The largest absolute Gasteiger partial charge is 0.381 e. The van der Waals surface area contributed by atoms with Crippen LogP contribution in [0, 0.1) is 5.41 Å². The minimum absolute atomic E-state index is 0.203. The fourth-order valence-corrected chi connectivity index (χ4v) is 2.84. The first-order valence-corrected chi connectivity index (χ1v) is 6.13. The van der Waals surface area contributed by atoms with Crippen LogP contribution < -0.4 is 0 Å². The van der Waals surface area contributed by atoms with Gasteiger partial charge in [-0.2, -0.15) is 0 Å². The summed E-state index contributed by atoms with van der Waals surface area (Å²) >= 11 is 6.08. The third-order valence-corrected chi connectivity index (χ3v) is 3.94. The molecule has 14 heavy (non-hydrogen) atoms. The van der Waals surface area contributed by atoms with Gasteiger partial charge < -0.3 is 9.47 Å². The molecule has 2 rings (SSSR count). The molecule has 2 unspecified atom stereocenters. The van der Waals surface area contributed by atoms with E-state index in [0.717, 1.165) is 32.7 Å². The zero-order valence-electron chi connectivity index (χ0n) is 8.64. The number of rotatable bonds is 3. The third-order valence-electron chi connectivity index (χ3n) is 3.37. The van der Waals surface area contributed by atoms with Crippen molar-refractivity contribution in [3.8, 4) is 0 Å². The first kappa shape index (κ1) is 10.7. The van der Waals surface area contributed by atoms with E-state index in [9.17, 15) is 0 Å². The van der Waals surface area contributed by atoms with E-state index in [1.807, 2.05) is 0 Å². The first-order valence-electron chi connectivity index (χ1n) is 5.60. The first-order chi connectivity index (χ1) is 6.85. The van der Waals surface area contributed by atoms with Gasteiger partial charge in [0.05, 0.1) is 12.7 Å². The molecule has 0 aromatic carbocycles. The summed E-state index contributed by atoms with van der Waals surface area (Å²) < 4.78 is 11.2. The van der Waals surface area contributed by atoms with E-state index in [1.54, 1.807) is 0 Å². The van der Waals surface area contributed by atoms with E-state index in [2.05, 4.69) is 0 Å². The van der Waals surface area contributed by atoms with Gasteiger partial charge in [0.1, 0.15) is 0 Å². The second-order valence-corrected chi connectivity index (χ2v) is 4.90. The van der Waals surface area contributed by atoms with Gasteiger partial charge in [-0.25, -0.2) is 0 Å².